The van der Waals surface area contributed by atoms with Gasteiger partial charge in [-0.05, 0) is 31.4 Å². The summed E-state index contributed by atoms with van der Waals surface area (Å²) in [6.07, 6.45) is 6.64. The number of benzene rings is 1. The van der Waals surface area contributed by atoms with Crippen molar-refractivity contribution in [2.24, 2.45) is 5.73 Å². The van der Waals surface area contributed by atoms with E-state index in [1.165, 1.54) is 44.2 Å². The van der Waals surface area contributed by atoms with E-state index in [1.807, 2.05) is 0 Å². The van der Waals surface area contributed by atoms with Crippen LogP contribution in [0.4, 0.5) is 0 Å². The highest BCUT2D eigenvalue weighted by molar-refractivity contribution is 5.19. The molecule has 1 aromatic rings. The lowest BCUT2D eigenvalue weighted by molar-refractivity contribution is 0.136. The van der Waals surface area contributed by atoms with Gasteiger partial charge in [-0.15, -0.1) is 0 Å². The van der Waals surface area contributed by atoms with Gasteiger partial charge in [0.2, 0.25) is 0 Å². The third-order valence-corrected chi connectivity index (χ3v) is 4.20. The fraction of sp³-hybridized carbons (Fsp3) is 0.625. The fourth-order valence-electron chi connectivity index (χ4n) is 3.19. The molecule has 0 saturated carbocycles. The zero-order valence-corrected chi connectivity index (χ0v) is 11.5. The fourth-order valence-corrected chi connectivity index (χ4v) is 3.19. The largest absolute Gasteiger partial charge is 0.329 e. The van der Waals surface area contributed by atoms with Gasteiger partial charge in [0.15, 0.2) is 0 Å². The van der Waals surface area contributed by atoms with E-state index in [9.17, 15) is 0 Å². The van der Waals surface area contributed by atoms with E-state index < -0.39 is 0 Å². The minimum Gasteiger partial charge on any atom is -0.329 e. The van der Waals surface area contributed by atoms with Crippen LogP contribution in [0.1, 0.15) is 50.6 Å². The third-order valence-electron chi connectivity index (χ3n) is 4.20. The van der Waals surface area contributed by atoms with Crippen LogP contribution in [0.15, 0.2) is 30.3 Å². The molecule has 0 spiro atoms. The summed E-state index contributed by atoms with van der Waals surface area (Å²) in [7, 11) is 0. The zero-order valence-electron chi connectivity index (χ0n) is 11.5. The second-order valence-electron chi connectivity index (χ2n) is 5.31. The normalized spacial score (nSPS) is 23.6. The van der Waals surface area contributed by atoms with Crippen LogP contribution in [0, 0.1) is 0 Å². The van der Waals surface area contributed by atoms with Gasteiger partial charge in [0, 0.05) is 18.6 Å². The first kappa shape index (κ1) is 13.6. The number of hydrogen-bond acceptors (Lipinski definition) is 2. The Morgan fingerprint density at radius 2 is 2.00 bits per heavy atom. The van der Waals surface area contributed by atoms with Gasteiger partial charge in [-0.2, -0.15) is 0 Å². The summed E-state index contributed by atoms with van der Waals surface area (Å²) < 4.78 is 0. The SMILES string of the molecule is CCC1CCCCCN1C(CN)c1ccccc1. The molecule has 2 nitrogen and oxygen atoms in total. The second-order valence-corrected chi connectivity index (χ2v) is 5.31. The number of rotatable bonds is 4. The van der Waals surface area contributed by atoms with E-state index in [2.05, 4.69) is 42.2 Å². The van der Waals surface area contributed by atoms with Crippen LogP contribution in [-0.2, 0) is 0 Å². The number of nitrogens with zero attached hydrogens (tertiary/aromatic N) is 1. The maximum Gasteiger partial charge on any atom is 0.0473 e. The molecule has 2 heteroatoms. The average Bonchev–Trinajstić information content (AvgIpc) is 2.66. The van der Waals surface area contributed by atoms with Crippen molar-refractivity contribution in [3.05, 3.63) is 35.9 Å². The lowest BCUT2D eigenvalue weighted by atomic mass is 10.0. The van der Waals surface area contributed by atoms with Gasteiger partial charge in [-0.25, -0.2) is 0 Å². The van der Waals surface area contributed by atoms with E-state index in [-0.39, 0.29) is 0 Å². The smallest absolute Gasteiger partial charge is 0.0473 e. The van der Waals surface area contributed by atoms with Crippen LogP contribution < -0.4 is 5.73 Å². The van der Waals surface area contributed by atoms with Gasteiger partial charge in [0.05, 0.1) is 0 Å². The maximum absolute atomic E-state index is 6.06. The Balaban J connectivity index is 2.19. The summed E-state index contributed by atoms with van der Waals surface area (Å²) in [4.78, 5) is 2.66. The molecule has 0 bridgehead atoms. The summed E-state index contributed by atoms with van der Waals surface area (Å²) in [6, 6.07) is 11.9. The molecule has 2 unspecified atom stereocenters. The first-order valence-electron chi connectivity index (χ1n) is 7.37. The highest BCUT2D eigenvalue weighted by Gasteiger charge is 2.26. The van der Waals surface area contributed by atoms with Crippen LogP contribution in [-0.4, -0.2) is 24.0 Å². The van der Waals surface area contributed by atoms with Crippen molar-refractivity contribution >= 4 is 0 Å². The van der Waals surface area contributed by atoms with E-state index in [4.69, 9.17) is 5.73 Å². The molecule has 1 aromatic carbocycles. The quantitative estimate of drug-likeness (QED) is 0.883. The molecule has 100 valence electrons. The Hall–Kier alpha value is -0.860. The highest BCUT2D eigenvalue weighted by Crippen LogP contribution is 2.28. The Morgan fingerprint density at radius 3 is 2.67 bits per heavy atom. The molecule has 18 heavy (non-hydrogen) atoms. The molecule has 2 rings (SSSR count). The molecule has 0 aromatic heterocycles. The summed E-state index contributed by atoms with van der Waals surface area (Å²) in [5.41, 5.74) is 7.44. The van der Waals surface area contributed by atoms with Crippen LogP contribution in [0.5, 0.6) is 0 Å². The summed E-state index contributed by atoms with van der Waals surface area (Å²) in [5.74, 6) is 0. The van der Waals surface area contributed by atoms with Crippen molar-refractivity contribution in [2.45, 2.75) is 51.1 Å². The van der Waals surface area contributed by atoms with Crippen molar-refractivity contribution in [1.82, 2.24) is 4.90 Å². The van der Waals surface area contributed by atoms with Crippen LogP contribution in [0.25, 0.3) is 0 Å². The molecule has 0 amide bonds. The summed E-state index contributed by atoms with van der Waals surface area (Å²) >= 11 is 0. The first-order chi connectivity index (χ1) is 8.86. The number of likely N-dealkylation sites (tertiary alicyclic amines) is 1. The third kappa shape index (κ3) is 3.12. The van der Waals surface area contributed by atoms with E-state index in [0.717, 1.165) is 6.54 Å². The number of hydrogen-bond donors (Lipinski definition) is 1. The second kappa shape index (κ2) is 6.91. The molecule has 1 heterocycles. The molecule has 2 N–H and O–H groups in total. The topological polar surface area (TPSA) is 29.3 Å². The van der Waals surface area contributed by atoms with E-state index >= 15 is 0 Å². The lowest BCUT2D eigenvalue weighted by Gasteiger charge is -2.36. The predicted molar refractivity (Wildman–Crippen MR) is 77.5 cm³/mol. The van der Waals surface area contributed by atoms with Gasteiger partial charge >= 0.3 is 0 Å². The van der Waals surface area contributed by atoms with Crippen molar-refractivity contribution in [3.63, 3.8) is 0 Å². The zero-order chi connectivity index (χ0) is 12.8. The van der Waals surface area contributed by atoms with Gasteiger partial charge < -0.3 is 5.73 Å². The van der Waals surface area contributed by atoms with Gasteiger partial charge in [0.25, 0.3) is 0 Å². The Bertz CT molecular complexity index is 336. The Morgan fingerprint density at radius 1 is 1.22 bits per heavy atom. The summed E-state index contributed by atoms with van der Waals surface area (Å²) in [6.45, 7) is 4.23. The van der Waals surface area contributed by atoms with Crippen LogP contribution >= 0.6 is 0 Å². The van der Waals surface area contributed by atoms with Gasteiger partial charge in [0.1, 0.15) is 0 Å². The number of nitrogens with two attached hydrogens (primary N) is 1. The molecular weight excluding hydrogens is 220 g/mol. The Kier molecular flexibility index (Phi) is 5.21. The van der Waals surface area contributed by atoms with Crippen LogP contribution in [0.3, 0.4) is 0 Å². The summed E-state index contributed by atoms with van der Waals surface area (Å²) in [5, 5.41) is 0. The maximum atomic E-state index is 6.06. The molecule has 2 atom stereocenters. The molecule has 1 saturated heterocycles. The monoisotopic (exact) mass is 246 g/mol. The molecule has 0 radical (unpaired) electrons. The van der Waals surface area contributed by atoms with Crippen LogP contribution in [0.2, 0.25) is 0 Å². The van der Waals surface area contributed by atoms with E-state index in [1.54, 1.807) is 0 Å². The van der Waals surface area contributed by atoms with Crippen molar-refractivity contribution in [2.75, 3.05) is 13.1 Å². The van der Waals surface area contributed by atoms with Gasteiger partial charge in [-0.1, -0.05) is 50.1 Å². The molecular formula is C16H26N2. The lowest BCUT2D eigenvalue weighted by Crippen LogP contribution is -2.41. The average molecular weight is 246 g/mol. The minimum atomic E-state index is 0.397. The highest BCUT2D eigenvalue weighted by atomic mass is 15.2. The molecule has 1 aliphatic heterocycles. The Labute approximate surface area is 111 Å². The van der Waals surface area contributed by atoms with Crippen molar-refractivity contribution < 1.29 is 0 Å². The first-order valence-corrected chi connectivity index (χ1v) is 7.37. The van der Waals surface area contributed by atoms with Crippen molar-refractivity contribution in [3.8, 4) is 0 Å². The molecule has 1 aliphatic rings. The molecule has 0 aliphatic carbocycles. The van der Waals surface area contributed by atoms with E-state index in [0.29, 0.717) is 12.1 Å². The van der Waals surface area contributed by atoms with Crippen molar-refractivity contribution in [1.29, 1.82) is 0 Å². The van der Waals surface area contributed by atoms with Gasteiger partial charge in [-0.3, -0.25) is 4.90 Å². The molecule has 1 fully saturated rings. The predicted octanol–water partition coefficient (Wildman–Crippen LogP) is 3.34. The standard InChI is InChI=1S/C16H26N2/c1-2-15-11-7-4-8-12-18(15)16(13-17)14-9-5-3-6-10-14/h3,5-6,9-10,15-16H,2,4,7-8,11-13,17H2,1H3. The minimum absolute atomic E-state index is 0.397.